The first kappa shape index (κ1) is 11.9. The maximum Gasteiger partial charge on any atom is 0.162 e. The van der Waals surface area contributed by atoms with E-state index in [9.17, 15) is 0 Å². The summed E-state index contributed by atoms with van der Waals surface area (Å²) in [5.41, 5.74) is 0.853. The standard InChI is InChI=1S/C12H13NO3/c1-4-7-16-11-6-5-10(9-13-15-3)8-12(11)14-2/h1,5-6,8-9H,7H2,2-3H3. The SMILES string of the molecule is C#CCOc1ccc(C=NOC)cc1OC. The van der Waals surface area contributed by atoms with E-state index in [1.807, 2.05) is 6.07 Å². The summed E-state index contributed by atoms with van der Waals surface area (Å²) in [5.74, 6) is 3.61. The molecule has 0 fully saturated rings. The number of rotatable bonds is 5. The lowest BCUT2D eigenvalue weighted by atomic mass is 10.2. The topological polar surface area (TPSA) is 40.0 Å². The number of nitrogens with zero attached hydrogens (tertiary/aromatic N) is 1. The van der Waals surface area contributed by atoms with Crippen LogP contribution in [0.4, 0.5) is 0 Å². The Morgan fingerprint density at radius 1 is 1.38 bits per heavy atom. The number of methoxy groups -OCH3 is 1. The van der Waals surface area contributed by atoms with Crippen LogP contribution < -0.4 is 9.47 Å². The van der Waals surface area contributed by atoms with Crippen molar-refractivity contribution in [2.24, 2.45) is 5.16 Å². The summed E-state index contributed by atoms with van der Waals surface area (Å²) in [6.07, 6.45) is 6.69. The molecule has 0 bridgehead atoms. The zero-order valence-electron chi connectivity index (χ0n) is 9.27. The Hall–Kier alpha value is -2.15. The van der Waals surface area contributed by atoms with Crippen LogP contribution in [0.25, 0.3) is 0 Å². The molecule has 0 heterocycles. The van der Waals surface area contributed by atoms with Crippen molar-refractivity contribution >= 4 is 6.21 Å². The highest BCUT2D eigenvalue weighted by molar-refractivity contribution is 5.80. The lowest BCUT2D eigenvalue weighted by Crippen LogP contribution is -1.97. The summed E-state index contributed by atoms with van der Waals surface area (Å²) in [6.45, 7) is 0.210. The highest BCUT2D eigenvalue weighted by Crippen LogP contribution is 2.27. The molecule has 0 atom stereocenters. The second-order valence-electron chi connectivity index (χ2n) is 2.82. The van der Waals surface area contributed by atoms with Crippen LogP contribution in [0.15, 0.2) is 23.4 Å². The summed E-state index contributed by atoms with van der Waals surface area (Å²) >= 11 is 0. The number of hydrogen-bond acceptors (Lipinski definition) is 4. The molecule has 0 unspecified atom stereocenters. The largest absolute Gasteiger partial charge is 0.493 e. The van der Waals surface area contributed by atoms with E-state index in [0.29, 0.717) is 11.5 Å². The van der Waals surface area contributed by atoms with E-state index in [1.54, 1.807) is 25.5 Å². The molecule has 0 aromatic heterocycles. The van der Waals surface area contributed by atoms with Crippen molar-refractivity contribution in [3.05, 3.63) is 23.8 Å². The Morgan fingerprint density at radius 3 is 2.81 bits per heavy atom. The number of ether oxygens (including phenoxy) is 2. The van der Waals surface area contributed by atoms with Crippen LogP contribution in [0.3, 0.4) is 0 Å². The Labute approximate surface area is 94.8 Å². The molecular formula is C12H13NO3. The van der Waals surface area contributed by atoms with E-state index < -0.39 is 0 Å². The van der Waals surface area contributed by atoms with Crippen LogP contribution in [0.1, 0.15) is 5.56 Å². The highest BCUT2D eigenvalue weighted by Gasteiger charge is 2.04. The van der Waals surface area contributed by atoms with Crippen LogP contribution in [0.2, 0.25) is 0 Å². The molecule has 16 heavy (non-hydrogen) atoms. The first-order chi connectivity index (χ1) is 7.81. The van der Waals surface area contributed by atoms with Crippen molar-refractivity contribution in [2.45, 2.75) is 0 Å². The third kappa shape index (κ3) is 3.21. The predicted molar refractivity (Wildman–Crippen MR) is 61.9 cm³/mol. The molecule has 1 aromatic rings. The van der Waals surface area contributed by atoms with Gasteiger partial charge in [0.05, 0.1) is 13.3 Å². The smallest absolute Gasteiger partial charge is 0.162 e. The van der Waals surface area contributed by atoms with Gasteiger partial charge < -0.3 is 14.3 Å². The third-order valence-electron chi connectivity index (χ3n) is 1.81. The van der Waals surface area contributed by atoms with E-state index in [4.69, 9.17) is 15.9 Å². The monoisotopic (exact) mass is 219 g/mol. The molecule has 4 heteroatoms. The molecule has 0 amide bonds. The fraction of sp³-hybridized carbons (Fsp3) is 0.250. The van der Waals surface area contributed by atoms with Crippen LogP contribution in [0.5, 0.6) is 11.5 Å². The normalized spacial score (nSPS) is 9.81. The average Bonchev–Trinajstić information content (AvgIpc) is 2.34. The molecule has 0 aliphatic rings. The van der Waals surface area contributed by atoms with Crippen LogP contribution >= 0.6 is 0 Å². The fourth-order valence-electron chi connectivity index (χ4n) is 1.12. The van der Waals surface area contributed by atoms with Gasteiger partial charge >= 0.3 is 0 Å². The fourth-order valence-corrected chi connectivity index (χ4v) is 1.12. The molecule has 1 aromatic carbocycles. The van der Waals surface area contributed by atoms with Crippen molar-refractivity contribution < 1.29 is 14.3 Å². The summed E-state index contributed by atoms with van der Waals surface area (Å²) in [6, 6.07) is 5.39. The van der Waals surface area contributed by atoms with E-state index >= 15 is 0 Å². The number of hydrogen-bond donors (Lipinski definition) is 0. The van der Waals surface area contributed by atoms with Gasteiger partial charge in [0.15, 0.2) is 11.5 Å². The van der Waals surface area contributed by atoms with Gasteiger partial charge in [-0.05, 0) is 18.2 Å². The summed E-state index contributed by atoms with van der Waals surface area (Å²) in [5, 5.41) is 3.66. The van der Waals surface area contributed by atoms with Gasteiger partial charge in [-0.25, -0.2) is 0 Å². The van der Waals surface area contributed by atoms with E-state index in [-0.39, 0.29) is 6.61 Å². The molecule has 0 saturated carbocycles. The lowest BCUT2D eigenvalue weighted by molar-refractivity contribution is 0.215. The molecule has 84 valence electrons. The number of oxime groups is 1. The Kier molecular flexibility index (Phi) is 4.74. The van der Waals surface area contributed by atoms with E-state index in [0.717, 1.165) is 5.56 Å². The van der Waals surface area contributed by atoms with Crippen molar-refractivity contribution in [1.82, 2.24) is 0 Å². The van der Waals surface area contributed by atoms with Crippen LogP contribution in [0, 0.1) is 12.3 Å². The van der Waals surface area contributed by atoms with Gasteiger partial charge in [0.2, 0.25) is 0 Å². The summed E-state index contributed by atoms with van der Waals surface area (Å²) in [4.78, 5) is 4.59. The summed E-state index contributed by atoms with van der Waals surface area (Å²) < 4.78 is 10.5. The van der Waals surface area contributed by atoms with Gasteiger partial charge in [-0.2, -0.15) is 0 Å². The van der Waals surface area contributed by atoms with Gasteiger partial charge in [-0.15, -0.1) is 6.42 Å². The minimum absolute atomic E-state index is 0.210. The maximum atomic E-state index is 5.30. The predicted octanol–water partition coefficient (Wildman–Crippen LogP) is 1.69. The Bertz CT molecular complexity index is 407. The van der Waals surface area contributed by atoms with Crippen LogP contribution in [-0.4, -0.2) is 27.0 Å². The molecule has 0 radical (unpaired) electrons. The minimum Gasteiger partial charge on any atom is -0.493 e. The second kappa shape index (κ2) is 6.36. The molecule has 0 N–H and O–H groups in total. The first-order valence-corrected chi connectivity index (χ1v) is 4.62. The molecule has 0 aliphatic heterocycles. The van der Waals surface area contributed by atoms with E-state index in [2.05, 4.69) is 15.9 Å². The zero-order valence-corrected chi connectivity index (χ0v) is 9.27. The minimum atomic E-state index is 0.210. The first-order valence-electron chi connectivity index (χ1n) is 4.62. The van der Waals surface area contributed by atoms with Gasteiger partial charge in [-0.3, -0.25) is 0 Å². The Balaban J connectivity index is 2.89. The zero-order chi connectivity index (χ0) is 11.8. The van der Waals surface area contributed by atoms with Crippen molar-refractivity contribution in [3.63, 3.8) is 0 Å². The third-order valence-corrected chi connectivity index (χ3v) is 1.81. The van der Waals surface area contributed by atoms with Crippen molar-refractivity contribution in [3.8, 4) is 23.8 Å². The molecule has 0 saturated heterocycles. The molecule has 0 aliphatic carbocycles. The van der Waals surface area contributed by atoms with Crippen molar-refractivity contribution in [1.29, 1.82) is 0 Å². The van der Waals surface area contributed by atoms with E-state index in [1.165, 1.54) is 7.11 Å². The average molecular weight is 219 g/mol. The van der Waals surface area contributed by atoms with Gasteiger partial charge in [-0.1, -0.05) is 11.1 Å². The lowest BCUT2D eigenvalue weighted by Gasteiger charge is -2.08. The maximum absolute atomic E-state index is 5.30. The van der Waals surface area contributed by atoms with Gasteiger partial charge in [0, 0.05) is 5.56 Å². The highest BCUT2D eigenvalue weighted by atomic mass is 16.6. The Morgan fingerprint density at radius 2 is 2.19 bits per heavy atom. The van der Waals surface area contributed by atoms with Gasteiger partial charge in [0.25, 0.3) is 0 Å². The number of benzene rings is 1. The van der Waals surface area contributed by atoms with Crippen molar-refractivity contribution in [2.75, 3.05) is 20.8 Å². The van der Waals surface area contributed by atoms with Crippen LogP contribution in [-0.2, 0) is 4.84 Å². The number of terminal acetylenes is 1. The second-order valence-corrected chi connectivity index (χ2v) is 2.82. The van der Waals surface area contributed by atoms with Gasteiger partial charge in [0.1, 0.15) is 13.7 Å². The molecule has 4 nitrogen and oxygen atoms in total. The summed E-state index contributed by atoms with van der Waals surface area (Å²) in [7, 11) is 3.05. The molecular weight excluding hydrogens is 206 g/mol. The molecule has 1 rings (SSSR count). The molecule has 0 spiro atoms. The quantitative estimate of drug-likeness (QED) is 0.430.